The zero-order valence-electron chi connectivity index (χ0n) is 21.3. The van der Waals surface area contributed by atoms with E-state index >= 15 is 0 Å². The Kier molecular flexibility index (Phi) is 9.34. The molecule has 0 spiro atoms. The number of hydrogen-bond donors (Lipinski definition) is 2. The first-order valence-electron chi connectivity index (χ1n) is 12.4. The fraction of sp³-hybridized carbons (Fsp3) is 0.161. The number of hydrogen-bond acceptors (Lipinski definition) is 5. The highest BCUT2D eigenvalue weighted by Gasteiger charge is 2.13. The molecule has 4 rings (SSSR count). The van der Waals surface area contributed by atoms with Gasteiger partial charge in [0.2, 0.25) is 5.91 Å². The average molecular weight is 510 g/mol. The molecule has 0 aliphatic heterocycles. The predicted molar refractivity (Wildman–Crippen MR) is 150 cm³/mol. The fourth-order valence-corrected chi connectivity index (χ4v) is 3.83. The minimum Gasteiger partial charge on any atom is -0.490 e. The van der Waals surface area contributed by atoms with Gasteiger partial charge in [-0.25, -0.2) is 0 Å². The van der Waals surface area contributed by atoms with E-state index < -0.39 is 0 Å². The fourth-order valence-electron chi connectivity index (χ4n) is 3.83. The molecule has 7 heteroatoms. The van der Waals surface area contributed by atoms with E-state index in [0.717, 1.165) is 11.3 Å². The van der Waals surface area contributed by atoms with Crippen molar-refractivity contribution in [1.82, 2.24) is 4.90 Å². The van der Waals surface area contributed by atoms with Crippen LogP contribution >= 0.6 is 0 Å². The molecular formula is C31H31N3O4. The van der Waals surface area contributed by atoms with Gasteiger partial charge in [-0.15, -0.1) is 0 Å². The van der Waals surface area contributed by atoms with Crippen molar-refractivity contribution in [2.45, 2.75) is 6.54 Å². The van der Waals surface area contributed by atoms with Gasteiger partial charge in [0.15, 0.2) is 0 Å². The van der Waals surface area contributed by atoms with Gasteiger partial charge in [0.1, 0.15) is 24.7 Å². The summed E-state index contributed by atoms with van der Waals surface area (Å²) in [5.74, 6) is 1.05. The summed E-state index contributed by atoms with van der Waals surface area (Å²) in [6.45, 7) is 1.29. The second-order valence-corrected chi connectivity index (χ2v) is 8.64. The van der Waals surface area contributed by atoms with Crippen LogP contribution in [0.5, 0.6) is 11.5 Å². The molecular weight excluding hydrogens is 478 g/mol. The van der Waals surface area contributed by atoms with E-state index in [1.807, 2.05) is 84.9 Å². The summed E-state index contributed by atoms with van der Waals surface area (Å²) in [5.41, 5.74) is 2.81. The quantitative estimate of drug-likeness (QED) is 0.248. The number of carbonyl (C=O) groups is 2. The highest BCUT2D eigenvalue weighted by atomic mass is 16.5. The summed E-state index contributed by atoms with van der Waals surface area (Å²) in [6.07, 6.45) is 0. The van der Waals surface area contributed by atoms with Crippen molar-refractivity contribution >= 4 is 23.2 Å². The van der Waals surface area contributed by atoms with E-state index in [1.165, 1.54) is 0 Å². The van der Waals surface area contributed by atoms with Crippen molar-refractivity contribution in [2.75, 3.05) is 37.4 Å². The summed E-state index contributed by atoms with van der Waals surface area (Å²) >= 11 is 0. The Morgan fingerprint density at radius 3 is 2.24 bits per heavy atom. The van der Waals surface area contributed by atoms with Crippen molar-refractivity contribution < 1.29 is 19.1 Å². The molecule has 0 heterocycles. The van der Waals surface area contributed by atoms with Crippen LogP contribution in [0.3, 0.4) is 0 Å². The van der Waals surface area contributed by atoms with Crippen molar-refractivity contribution in [3.05, 3.63) is 120 Å². The lowest BCUT2D eigenvalue weighted by Gasteiger charge is -2.18. The van der Waals surface area contributed by atoms with Gasteiger partial charge in [-0.3, -0.25) is 9.59 Å². The molecule has 0 radical (unpaired) electrons. The molecule has 0 fully saturated rings. The van der Waals surface area contributed by atoms with Crippen LogP contribution in [-0.4, -0.2) is 43.5 Å². The Bertz CT molecular complexity index is 1330. The van der Waals surface area contributed by atoms with Gasteiger partial charge < -0.3 is 25.0 Å². The molecule has 7 nitrogen and oxygen atoms in total. The maximum Gasteiger partial charge on any atom is 0.253 e. The molecule has 0 atom stereocenters. The lowest BCUT2D eigenvalue weighted by atomic mass is 10.1. The summed E-state index contributed by atoms with van der Waals surface area (Å²) in [5, 5.41) is 5.97. The zero-order valence-corrected chi connectivity index (χ0v) is 21.3. The standard InChI is InChI=1S/C31H31N3O4/c1-34(23-24-11-4-2-5-12-24)31(36)25-13-10-14-26(21-25)33-30(35)22-32-28-17-8-9-18-29(28)38-20-19-37-27-15-6-3-7-16-27/h2-18,21,32H,19-20,22-23H2,1H3,(H,33,35). The molecule has 4 aromatic rings. The van der Waals surface area contributed by atoms with E-state index in [0.29, 0.717) is 42.4 Å². The minimum atomic E-state index is -0.241. The molecule has 0 bridgehead atoms. The van der Waals surface area contributed by atoms with Crippen LogP contribution in [0.2, 0.25) is 0 Å². The normalized spacial score (nSPS) is 10.3. The number of amides is 2. The van der Waals surface area contributed by atoms with Crippen LogP contribution in [0.1, 0.15) is 15.9 Å². The number of nitrogens with zero attached hydrogens (tertiary/aromatic N) is 1. The molecule has 0 saturated heterocycles. The number of para-hydroxylation sites is 3. The molecule has 0 aliphatic carbocycles. The molecule has 38 heavy (non-hydrogen) atoms. The van der Waals surface area contributed by atoms with Gasteiger partial charge in [-0.2, -0.15) is 0 Å². The maximum atomic E-state index is 12.9. The molecule has 194 valence electrons. The molecule has 0 aromatic heterocycles. The Labute approximate surface area is 223 Å². The molecule has 2 amide bonds. The van der Waals surface area contributed by atoms with Gasteiger partial charge in [0, 0.05) is 24.8 Å². The van der Waals surface area contributed by atoms with E-state index in [1.54, 1.807) is 36.2 Å². The smallest absolute Gasteiger partial charge is 0.253 e. The first-order valence-corrected chi connectivity index (χ1v) is 12.4. The first kappa shape index (κ1) is 26.3. The largest absolute Gasteiger partial charge is 0.490 e. The lowest BCUT2D eigenvalue weighted by Crippen LogP contribution is -2.26. The third-order valence-corrected chi connectivity index (χ3v) is 5.68. The summed E-state index contributed by atoms with van der Waals surface area (Å²) < 4.78 is 11.5. The van der Waals surface area contributed by atoms with Gasteiger partial charge in [0.05, 0.1) is 12.2 Å². The van der Waals surface area contributed by atoms with Gasteiger partial charge in [0.25, 0.3) is 5.91 Å². The van der Waals surface area contributed by atoms with Gasteiger partial charge in [-0.1, -0.05) is 66.7 Å². The summed E-state index contributed by atoms with van der Waals surface area (Å²) in [7, 11) is 1.76. The molecule has 0 saturated carbocycles. The third-order valence-electron chi connectivity index (χ3n) is 5.68. The van der Waals surface area contributed by atoms with Crippen LogP contribution in [-0.2, 0) is 11.3 Å². The van der Waals surface area contributed by atoms with Crippen LogP contribution in [0.25, 0.3) is 0 Å². The topological polar surface area (TPSA) is 79.9 Å². The van der Waals surface area contributed by atoms with E-state index in [2.05, 4.69) is 10.6 Å². The molecule has 0 aliphatic rings. The maximum absolute atomic E-state index is 12.9. The summed E-state index contributed by atoms with van der Waals surface area (Å²) in [6, 6.07) is 33.7. The van der Waals surface area contributed by atoms with Crippen LogP contribution in [0, 0.1) is 0 Å². The zero-order chi connectivity index (χ0) is 26.6. The number of benzene rings is 4. The van der Waals surface area contributed by atoms with Gasteiger partial charge in [-0.05, 0) is 48.0 Å². The molecule has 0 unspecified atom stereocenters. The van der Waals surface area contributed by atoms with Crippen LogP contribution in [0.4, 0.5) is 11.4 Å². The van der Waals surface area contributed by atoms with E-state index in [-0.39, 0.29) is 18.4 Å². The SMILES string of the molecule is CN(Cc1ccccc1)C(=O)c1cccc(NC(=O)CNc2ccccc2OCCOc2ccccc2)c1. The van der Waals surface area contributed by atoms with Crippen molar-refractivity contribution in [3.63, 3.8) is 0 Å². The molecule has 4 aromatic carbocycles. The minimum absolute atomic E-state index is 0.0347. The highest BCUT2D eigenvalue weighted by molar-refractivity contribution is 5.98. The predicted octanol–water partition coefficient (Wildman–Crippen LogP) is 5.47. The monoisotopic (exact) mass is 509 g/mol. The van der Waals surface area contributed by atoms with Crippen molar-refractivity contribution in [1.29, 1.82) is 0 Å². The Morgan fingerprint density at radius 2 is 1.45 bits per heavy atom. The Morgan fingerprint density at radius 1 is 0.763 bits per heavy atom. The van der Waals surface area contributed by atoms with Crippen LogP contribution < -0.4 is 20.1 Å². The van der Waals surface area contributed by atoms with Crippen molar-refractivity contribution in [2.24, 2.45) is 0 Å². The second kappa shape index (κ2) is 13.5. The van der Waals surface area contributed by atoms with E-state index in [9.17, 15) is 9.59 Å². The van der Waals surface area contributed by atoms with Gasteiger partial charge >= 0.3 is 0 Å². The first-order chi connectivity index (χ1) is 18.6. The second-order valence-electron chi connectivity index (χ2n) is 8.64. The number of ether oxygens (including phenoxy) is 2. The third kappa shape index (κ3) is 7.86. The highest BCUT2D eigenvalue weighted by Crippen LogP contribution is 2.23. The lowest BCUT2D eigenvalue weighted by molar-refractivity contribution is -0.114. The van der Waals surface area contributed by atoms with E-state index in [4.69, 9.17) is 9.47 Å². The van der Waals surface area contributed by atoms with Crippen LogP contribution in [0.15, 0.2) is 109 Å². The molecule has 2 N–H and O–H groups in total. The Balaban J connectivity index is 1.27. The number of carbonyl (C=O) groups excluding carboxylic acids is 2. The number of rotatable bonds is 12. The summed E-state index contributed by atoms with van der Waals surface area (Å²) in [4.78, 5) is 27.2. The Hall–Kier alpha value is -4.78. The average Bonchev–Trinajstić information content (AvgIpc) is 2.95. The number of anilines is 2. The number of nitrogens with one attached hydrogen (secondary N) is 2. The van der Waals surface area contributed by atoms with Crippen molar-refractivity contribution in [3.8, 4) is 11.5 Å².